The number of nitrogens with two attached hydrogens (primary N) is 1. The Morgan fingerprint density at radius 1 is 1.69 bits per heavy atom. The van der Waals surface area contributed by atoms with E-state index in [1.807, 2.05) is 6.92 Å². The average molecular weight is 242 g/mol. The Kier molecular flexibility index (Phi) is 3.35. The van der Waals surface area contributed by atoms with Gasteiger partial charge in [-0.15, -0.1) is 0 Å². The van der Waals surface area contributed by atoms with E-state index < -0.39 is 6.10 Å². The molecule has 2 unspecified atom stereocenters. The molecule has 16 heavy (non-hydrogen) atoms. The van der Waals surface area contributed by atoms with E-state index in [9.17, 15) is 4.79 Å². The summed E-state index contributed by atoms with van der Waals surface area (Å²) in [5, 5.41) is 3.92. The molecule has 1 aromatic heterocycles. The van der Waals surface area contributed by atoms with Crippen LogP contribution >= 0.6 is 11.5 Å². The van der Waals surface area contributed by atoms with Crippen LogP contribution in [-0.4, -0.2) is 34.0 Å². The molecule has 1 aromatic rings. The number of anilines is 1. The van der Waals surface area contributed by atoms with Gasteiger partial charge in [-0.1, -0.05) is 0 Å². The van der Waals surface area contributed by atoms with E-state index in [1.165, 1.54) is 11.5 Å². The molecule has 0 bridgehead atoms. The van der Waals surface area contributed by atoms with Crippen LogP contribution in [0.15, 0.2) is 0 Å². The molecule has 0 aliphatic carbocycles. The maximum atomic E-state index is 10.9. The third kappa shape index (κ3) is 2.67. The molecule has 2 rings (SSSR count). The number of amides is 1. The number of carbonyl (C=O) groups excluding carboxylic acids is 1. The fourth-order valence-corrected chi connectivity index (χ4v) is 2.22. The summed E-state index contributed by atoms with van der Waals surface area (Å²) in [4.78, 5) is 15.1. The molecule has 3 N–H and O–H groups in total. The zero-order valence-electron chi connectivity index (χ0n) is 8.97. The number of hydrogen-bond acceptors (Lipinski definition) is 6. The predicted octanol–water partition coefficient (Wildman–Crippen LogP) is 0.291. The van der Waals surface area contributed by atoms with Crippen LogP contribution in [-0.2, 0) is 9.53 Å². The van der Waals surface area contributed by atoms with Gasteiger partial charge in [0.1, 0.15) is 11.9 Å². The highest BCUT2D eigenvalue weighted by Gasteiger charge is 2.28. The summed E-state index contributed by atoms with van der Waals surface area (Å²) in [6.45, 7) is 2.48. The van der Waals surface area contributed by atoms with Crippen molar-refractivity contribution in [1.82, 2.24) is 9.36 Å². The summed E-state index contributed by atoms with van der Waals surface area (Å²) in [6, 6.07) is 0. The van der Waals surface area contributed by atoms with Gasteiger partial charge in [0, 0.05) is 18.1 Å². The van der Waals surface area contributed by atoms with Gasteiger partial charge < -0.3 is 15.8 Å². The Morgan fingerprint density at radius 3 is 3.06 bits per heavy atom. The van der Waals surface area contributed by atoms with Crippen LogP contribution in [0.4, 0.5) is 5.13 Å². The zero-order valence-corrected chi connectivity index (χ0v) is 9.79. The van der Waals surface area contributed by atoms with Gasteiger partial charge in [0.15, 0.2) is 0 Å². The molecule has 1 amide bonds. The second-order valence-corrected chi connectivity index (χ2v) is 4.51. The molecule has 2 atom stereocenters. The fraction of sp³-hybridized carbons (Fsp3) is 0.667. The molecule has 7 heteroatoms. The van der Waals surface area contributed by atoms with Gasteiger partial charge in [0.05, 0.1) is 6.10 Å². The van der Waals surface area contributed by atoms with Crippen molar-refractivity contribution in [3.05, 3.63) is 5.82 Å². The Bertz CT molecular complexity index is 381. The quantitative estimate of drug-likeness (QED) is 0.792. The molecular formula is C9H14N4O2S. The molecule has 2 heterocycles. The van der Waals surface area contributed by atoms with Crippen molar-refractivity contribution in [2.75, 3.05) is 11.9 Å². The van der Waals surface area contributed by atoms with Crippen molar-refractivity contribution in [3.63, 3.8) is 0 Å². The zero-order chi connectivity index (χ0) is 11.5. The predicted molar refractivity (Wildman–Crippen MR) is 60.2 cm³/mol. The average Bonchev–Trinajstić information content (AvgIpc) is 2.83. The lowest BCUT2D eigenvalue weighted by molar-refractivity contribution is -0.128. The van der Waals surface area contributed by atoms with E-state index in [2.05, 4.69) is 14.7 Å². The molecule has 0 saturated carbocycles. The van der Waals surface area contributed by atoms with E-state index in [0.29, 0.717) is 13.0 Å². The Morgan fingerprint density at radius 2 is 2.50 bits per heavy atom. The minimum absolute atomic E-state index is 0.0294. The third-order valence-corrected chi connectivity index (χ3v) is 3.20. The summed E-state index contributed by atoms with van der Waals surface area (Å²) in [5.41, 5.74) is 5.17. The maximum Gasteiger partial charge on any atom is 0.246 e. The molecule has 1 fully saturated rings. The summed E-state index contributed by atoms with van der Waals surface area (Å²) in [6.07, 6.45) is 1.15. The number of hydrogen-bond donors (Lipinski definition) is 2. The molecule has 0 aromatic carbocycles. The molecule has 1 aliphatic rings. The number of nitrogens with one attached hydrogen (secondary N) is 1. The number of aromatic nitrogens is 2. The summed E-state index contributed by atoms with van der Waals surface area (Å²) >= 11 is 1.32. The topological polar surface area (TPSA) is 90.1 Å². The smallest absolute Gasteiger partial charge is 0.246 e. The lowest BCUT2D eigenvalue weighted by Gasteiger charge is -2.11. The van der Waals surface area contributed by atoms with Crippen LogP contribution in [0.5, 0.6) is 0 Å². The summed E-state index contributed by atoms with van der Waals surface area (Å²) in [7, 11) is 0. The van der Waals surface area contributed by atoms with Crippen LogP contribution in [0, 0.1) is 6.92 Å². The molecule has 0 radical (unpaired) electrons. The molecular weight excluding hydrogens is 228 g/mol. The number of nitrogens with zero attached hydrogens (tertiary/aromatic N) is 2. The van der Waals surface area contributed by atoms with Crippen molar-refractivity contribution >= 4 is 22.6 Å². The van der Waals surface area contributed by atoms with Gasteiger partial charge in [-0.05, 0) is 19.8 Å². The van der Waals surface area contributed by atoms with E-state index in [1.54, 1.807) is 0 Å². The second kappa shape index (κ2) is 4.75. The van der Waals surface area contributed by atoms with E-state index >= 15 is 0 Å². The summed E-state index contributed by atoms with van der Waals surface area (Å²) < 4.78 is 9.53. The number of carbonyl (C=O) groups is 1. The minimum atomic E-state index is -0.428. The lowest BCUT2D eigenvalue weighted by atomic mass is 10.2. The lowest BCUT2D eigenvalue weighted by Crippen LogP contribution is -2.30. The highest BCUT2D eigenvalue weighted by molar-refractivity contribution is 7.09. The van der Waals surface area contributed by atoms with E-state index in [4.69, 9.17) is 10.5 Å². The number of aryl methyl sites for hydroxylation is 1. The van der Waals surface area contributed by atoms with Crippen molar-refractivity contribution in [2.45, 2.75) is 32.0 Å². The Hall–Kier alpha value is -1.21. The highest BCUT2D eigenvalue weighted by Crippen LogP contribution is 2.20. The van der Waals surface area contributed by atoms with E-state index in [0.717, 1.165) is 17.4 Å². The fourth-order valence-electron chi connectivity index (χ4n) is 1.64. The minimum Gasteiger partial charge on any atom is -0.367 e. The molecule has 1 aliphatic heterocycles. The van der Waals surface area contributed by atoms with Crippen molar-refractivity contribution in [2.24, 2.45) is 5.73 Å². The second-order valence-electron chi connectivity index (χ2n) is 3.75. The summed E-state index contributed by atoms with van der Waals surface area (Å²) in [5.74, 6) is 0.379. The Labute approximate surface area is 97.4 Å². The van der Waals surface area contributed by atoms with Crippen molar-refractivity contribution in [3.8, 4) is 0 Å². The molecule has 6 nitrogen and oxygen atoms in total. The Balaban J connectivity index is 1.77. The van der Waals surface area contributed by atoms with Gasteiger partial charge in [-0.25, -0.2) is 4.98 Å². The number of primary amides is 1. The van der Waals surface area contributed by atoms with Crippen LogP contribution in [0.1, 0.15) is 18.7 Å². The van der Waals surface area contributed by atoms with Gasteiger partial charge in [0.2, 0.25) is 11.0 Å². The first kappa shape index (κ1) is 11.3. The highest BCUT2D eigenvalue weighted by atomic mass is 32.1. The first-order valence-electron chi connectivity index (χ1n) is 5.14. The number of ether oxygens (including phenoxy) is 1. The SMILES string of the molecule is Cc1nsc(NCC2CCC(C(N)=O)O2)n1. The largest absolute Gasteiger partial charge is 0.367 e. The van der Waals surface area contributed by atoms with Crippen LogP contribution in [0.2, 0.25) is 0 Å². The van der Waals surface area contributed by atoms with Crippen LogP contribution in [0.25, 0.3) is 0 Å². The third-order valence-electron chi connectivity index (χ3n) is 2.43. The first-order chi connectivity index (χ1) is 7.65. The van der Waals surface area contributed by atoms with Gasteiger partial charge >= 0.3 is 0 Å². The van der Waals surface area contributed by atoms with E-state index in [-0.39, 0.29) is 12.0 Å². The van der Waals surface area contributed by atoms with Gasteiger partial charge in [-0.3, -0.25) is 4.79 Å². The molecule has 0 spiro atoms. The normalized spacial score (nSPS) is 24.6. The van der Waals surface area contributed by atoms with Crippen LogP contribution in [0.3, 0.4) is 0 Å². The van der Waals surface area contributed by atoms with Gasteiger partial charge in [0.25, 0.3) is 0 Å². The number of rotatable bonds is 4. The standard InChI is InChI=1S/C9H14N4O2S/c1-5-12-9(16-13-5)11-4-6-2-3-7(15-6)8(10)14/h6-7H,2-4H2,1H3,(H2,10,14)(H,11,12,13). The van der Waals surface area contributed by atoms with Gasteiger partial charge in [-0.2, -0.15) is 4.37 Å². The first-order valence-corrected chi connectivity index (χ1v) is 5.91. The molecule has 88 valence electrons. The maximum absolute atomic E-state index is 10.9. The van der Waals surface area contributed by atoms with Crippen molar-refractivity contribution < 1.29 is 9.53 Å². The molecule has 1 saturated heterocycles. The monoisotopic (exact) mass is 242 g/mol. The van der Waals surface area contributed by atoms with Crippen LogP contribution < -0.4 is 11.1 Å². The van der Waals surface area contributed by atoms with Crippen molar-refractivity contribution in [1.29, 1.82) is 0 Å².